The zero-order valence-electron chi connectivity index (χ0n) is 9.77. The van der Waals surface area contributed by atoms with E-state index in [1.54, 1.807) is 6.07 Å². The lowest BCUT2D eigenvalue weighted by molar-refractivity contribution is 0.303. The van der Waals surface area contributed by atoms with Crippen molar-refractivity contribution in [2.24, 2.45) is 0 Å². The van der Waals surface area contributed by atoms with E-state index in [1.807, 2.05) is 24.3 Å². The van der Waals surface area contributed by atoms with Gasteiger partial charge in [0.1, 0.15) is 17.3 Å². The zero-order chi connectivity index (χ0) is 12.5. The molecule has 1 aliphatic carbocycles. The predicted molar refractivity (Wildman–Crippen MR) is 67.2 cm³/mol. The van der Waals surface area contributed by atoms with Crippen molar-refractivity contribution in [3.8, 4) is 22.6 Å². The maximum absolute atomic E-state index is 13.7. The first-order valence-corrected chi connectivity index (χ1v) is 5.98. The highest BCUT2D eigenvalue weighted by Gasteiger charge is 2.23. The minimum atomic E-state index is -0.432. The minimum Gasteiger partial charge on any atom is -0.508 e. The Bertz CT molecular complexity index is 576. The molecule has 0 bridgehead atoms. The Morgan fingerprint density at radius 2 is 1.94 bits per heavy atom. The van der Waals surface area contributed by atoms with Gasteiger partial charge in [-0.05, 0) is 42.7 Å². The van der Waals surface area contributed by atoms with Crippen molar-refractivity contribution in [1.29, 1.82) is 0 Å². The first kappa shape index (κ1) is 11.1. The molecule has 3 rings (SSSR count). The van der Waals surface area contributed by atoms with E-state index in [4.69, 9.17) is 4.74 Å². The average Bonchev–Trinajstić information content (AvgIpc) is 3.13. The predicted octanol–water partition coefficient (Wildman–Crippen LogP) is 3.74. The number of hydrogen-bond acceptors (Lipinski definition) is 2. The molecule has 0 aliphatic heterocycles. The molecular formula is C15H13FO2. The van der Waals surface area contributed by atoms with E-state index in [2.05, 4.69) is 0 Å². The second kappa shape index (κ2) is 4.33. The Morgan fingerprint density at radius 1 is 1.11 bits per heavy atom. The molecule has 0 amide bonds. The SMILES string of the molecule is Oc1ccc(-c2cccc(OC3CC3)c2)c(F)c1. The summed E-state index contributed by atoms with van der Waals surface area (Å²) in [6.45, 7) is 0. The average molecular weight is 244 g/mol. The lowest BCUT2D eigenvalue weighted by Gasteiger charge is -2.08. The number of rotatable bonds is 3. The van der Waals surface area contributed by atoms with Gasteiger partial charge in [-0.2, -0.15) is 0 Å². The van der Waals surface area contributed by atoms with Crippen LogP contribution in [-0.4, -0.2) is 11.2 Å². The highest BCUT2D eigenvalue weighted by Crippen LogP contribution is 2.31. The van der Waals surface area contributed by atoms with Crippen LogP contribution in [0.15, 0.2) is 42.5 Å². The van der Waals surface area contributed by atoms with Crippen molar-refractivity contribution in [3.05, 3.63) is 48.3 Å². The van der Waals surface area contributed by atoms with Gasteiger partial charge in [0.2, 0.25) is 0 Å². The van der Waals surface area contributed by atoms with E-state index < -0.39 is 5.82 Å². The summed E-state index contributed by atoms with van der Waals surface area (Å²) in [6.07, 6.45) is 2.51. The number of phenols is 1. The second-order valence-electron chi connectivity index (χ2n) is 4.51. The van der Waals surface area contributed by atoms with E-state index in [0.717, 1.165) is 30.2 Å². The standard InChI is InChI=1S/C15H13FO2/c16-15-9-11(17)4-7-14(15)10-2-1-3-13(8-10)18-12-5-6-12/h1-4,7-9,12,17H,5-6H2. The van der Waals surface area contributed by atoms with Gasteiger partial charge in [-0.1, -0.05) is 12.1 Å². The number of ether oxygens (including phenoxy) is 1. The smallest absolute Gasteiger partial charge is 0.134 e. The maximum Gasteiger partial charge on any atom is 0.134 e. The van der Waals surface area contributed by atoms with E-state index >= 15 is 0 Å². The summed E-state index contributed by atoms with van der Waals surface area (Å²) in [6, 6.07) is 11.5. The van der Waals surface area contributed by atoms with Crippen molar-refractivity contribution >= 4 is 0 Å². The minimum absolute atomic E-state index is 0.0679. The topological polar surface area (TPSA) is 29.5 Å². The molecule has 18 heavy (non-hydrogen) atoms. The lowest BCUT2D eigenvalue weighted by Crippen LogP contribution is -1.95. The number of phenolic OH excluding ortho intramolecular Hbond substituents is 1. The summed E-state index contributed by atoms with van der Waals surface area (Å²) in [4.78, 5) is 0. The quantitative estimate of drug-likeness (QED) is 0.891. The lowest BCUT2D eigenvalue weighted by atomic mass is 10.0. The van der Waals surface area contributed by atoms with Crippen LogP contribution in [0.2, 0.25) is 0 Å². The molecule has 0 heterocycles. The van der Waals surface area contributed by atoms with E-state index in [1.165, 1.54) is 6.07 Å². The van der Waals surface area contributed by atoms with Crippen LogP contribution >= 0.6 is 0 Å². The zero-order valence-corrected chi connectivity index (χ0v) is 9.77. The van der Waals surface area contributed by atoms with E-state index in [-0.39, 0.29) is 5.75 Å². The number of hydrogen-bond donors (Lipinski definition) is 1. The molecule has 0 spiro atoms. The molecule has 2 nitrogen and oxygen atoms in total. The van der Waals surface area contributed by atoms with Crippen LogP contribution in [0.4, 0.5) is 4.39 Å². The van der Waals surface area contributed by atoms with E-state index in [0.29, 0.717) is 11.7 Å². The summed E-state index contributed by atoms with van der Waals surface area (Å²) in [7, 11) is 0. The van der Waals surface area contributed by atoms with Crippen LogP contribution in [0, 0.1) is 5.82 Å². The number of halogens is 1. The highest BCUT2D eigenvalue weighted by atomic mass is 19.1. The van der Waals surface area contributed by atoms with Crippen molar-refractivity contribution in [1.82, 2.24) is 0 Å². The summed E-state index contributed by atoms with van der Waals surface area (Å²) in [5, 5.41) is 9.20. The largest absolute Gasteiger partial charge is 0.508 e. The van der Waals surface area contributed by atoms with Gasteiger partial charge in [0, 0.05) is 11.6 Å². The van der Waals surface area contributed by atoms with Crippen LogP contribution in [0.3, 0.4) is 0 Å². The maximum atomic E-state index is 13.7. The van der Waals surface area contributed by atoms with Gasteiger partial charge in [0.05, 0.1) is 6.10 Å². The fourth-order valence-electron chi connectivity index (χ4n) is 1.85. The molecule has 2 aromatic carbocycles. The molecule has 0 saturated heterocycles. The van der Waals surface area contributed by atoms with E-state index in [9.17, 15) is 9.50 Å². The summed E-state index contributed by atoms with van der Waals surface area (Å²) in [5.41, 5.74) is 1.22. The summed E-state index contributed by atoms with van der Waals surface area (Å²) >= 11 is 0. The third-order valence-corrected chi connectivity index (χ3v) is 2.92. The third kappa shape index (κ3) is 2.30. The molecule has 0 aromatic heterocycles. The first-order valence-electron chi connectivity index (χ1n) is 5.98. The first-order chi connectivity index (χ1) is 8.72. The van der Waals surface area contributed by atoms with Crippen molar-refractivity contribution in [2.75, 3.05) is 0 Å². The summed E-state index contributed by atoms with van der Waals surface area (Å²) in [5.74, 6) is 0.266. The van der Waals surface area contributed by atoms with Crippen molar-refractivity contribution in [3.63, 3.8) is 0 Å². The highest BCUT2D eigenvalue weighted by molar-refractivity contribution is 5.66. The van der Waals surface area contributed by atoms with Crippen LogP contribution in [0.25, 0.3) is 11.1 Å². The van der Waals surface area contributed by atoms with Gasteiger partial charge in [-0.25, -0.2) is 4.39 Å². The Kier molecular flexibility index (Phi) is 2.67. The molecule has 0 unspecified atom stereocenters. The van der Waals surface area contributed by atoms with Crippen molar-refractivity contribution < 1.29 is 14.2 Å². The molecule has 3 heteroatoms. The molecule has 1 saturated carbocycles. The molecule has 1 aliphatic rings. The Hall–Kier alpha value is -2.03. The Balaban J connectivity index is 1.94. The van der Waals surface area contributed by atoms with Gasteiger partial charge in [0.25, 0.3) is 0 Å². The van der Waals surface area contributed by atoms with Gasteiger partial charge in [0.15, 0.2) is 0 Å². The third-order valence-electron chi connectivity index (χ3n) is 2.92. The normalized spacial score (nSPS) is 14.5. The molecule has 1 N–H and O–H groups in total. The monoisotopic (exact) mass is 244 g/mol. The van der Waals surface area contributed by atoms with Crippen LogP contribution in [-0.2, 0) is 0 Å². The number of aromatic hydroxyl groups is 1. The van der Waals surface area contributed by atoms with Crippen LogP contribution in [0.1, 0.15) is 12.8 Å². The van der Waals surface area contributed by atoms with Crippen molar-refractivity contribution in [2.45, 2.75) is 18.9 Å². The molecular weight excluding hydrogens is 231 g/mol. The fraction of sp³-hybridized carbons (Fsp3) is 0.200. The molecule has 1 fully saturated rings. The molecule has 92 valence electrons. The number of benzene rings is 2. The molecule has 2 aromatic rings. The Morgan fingerprint density at radius 3 is 2.67 bits per heavy atom. The Labute approximate surface area is 105 Å². The molecule has 0 radical (unpaired) electrons. The van der Waals surface area contributed by atoms with Crippen LogP contribution < -0.4 is 4.74 Å². The van der Waals surface area contributed by atoms with Crippen LogP contribution in [0.5, 0.6) is 11.5 Å². The second-order valence-corrected chi connectivity index (χ2v) is 4.51. The molecule has 0 atom stereocenters. The van der Waals surface area contributed by atoms with Gasteiger partial charge in [-0.15, -0.1) is 0 Å². The van der Waals surface area contributed by atoms with Gasteiger partial charge >= 0.3 is 0 Å². The van der Waals surface area contributed by atoms with Gasteiger partial charge < -0.3 is 9.84 Å². The van der Waals surface area contributed by atoms with Gasteiger partial charge in [-0.3, -0.25) is 0 Å². The summed E-state index contributed by atoms with van der Waals surface area (Å²) < 4.78 is 19.4. The fourth-order valence-corrected chi connectivity index (χ4v) is 1.85.